The van der Waals surface area contributed by atoms with Gasteiger partial charge in [-0.3, -0.25) is 4.79 Å². The number of ether oxygens (including phenoxy) is 1. The molecule has 0 aromatic carbocycles. The van der Waals surface area contributed by atoms with Gasteiger partial charge in [0.25, 0.3) is 0 Å². The van der Waals surface area contributed by atoms with Crippen LogP contribution >= 0.6 is 22.6 Å². The predicted octanol–water partition coefficient (Wildman–Crippen LogP) is 1.63. The quantitative estimate of drug-likeness (QED) is 0.729. The van der Waals surface area contributed by atoms with Crippen LogP contribution in [0.25, 0.3) is 0 Å². The van der Waals surface area contributed by atoms with Gasteiger partial charge < -0.3 is 9.64 Å². The second-order valence-electron chi connectivity index (χ2n) is 4.35. The summed E-state index contributed by atoms with van der Waals surface area (Å²) in [6.45, 7) is 2.13. The molecule has 8 heteroatoms. The van der Waals surface area contributed by atoms with E-state index in [4.69, 9.17) is 4.74 Å². The largest absolute Gasteiger partial charge is 0.465 e. The number of carbonyl (C=O) groups is 1. The van der Waals surface area contributed by atoms with Crippen molar-refractivity contribution in [2.75, 3.05) is 13.1 Å². The van der Waals surface area contributed by atoms with Crippen molar-refractivity contribution in [2.45, 2.75) is 25.9 Å². The van der Waals surface area contributed by atoms with Gasteiger partial charge in [0.2, 0.25) is 11.8 Å². The summed E-state index contributed by atoms with van der Waals surface area (Å²) in [6.07, 6.45) is 0.0584. The van der Waals surface area contributed by atoms with Gasteiger partial charge in [0.15, 0.2) is 6.10 Å². The van der Waals surface area contributed by atoms with Gasteiger partial charge in [0, 0.05) is 6.92 Å². The molecule has 5 nitrogen and oxygen atoms in total. The molecule has 0 saturated carbocycles. The Morgan fingerprint density at radius 1 is 1.63 bits per heavy atom. The van der Waals surface area contributed by atoms with Crippen LogP contribution in [0.2, 0.25) is 0 Å². The number of nitrogens with zero attached hydrogens (tertiary/aromatic N) is 3. The molecule has 19 heavy (non-hydrogen) atoms. The van der Waals surface area contributed by atoms with Crippen LogP contribution in [0, 0.1) is 10.6 Å². The third kappa shape index (κ3) is 3.10. The lowest BCUT2D eigenvalue weighted by Gasteiger charge is -2.18. The van der Waals surface area contributed by atoms with E-state index in [0.29, 0.717) is 9.39 Å². The zero-order chi connectivity index (χ0) is 14.2. The van der Waals surface area contributed by atoms with Gasteiger partial charge in [-0.15, -0.1) is 0 Å². The van der Waals surface area contributed by atoms with E-state index in [1.54, 1.807) is 6.92 Å². The molecule has 1 aliphatic rings. The van der Waals surface area contributed by atoms with E-state index < -0.39 is 24.5 Å². The fraction of sp³-hybridized carbons (Fsp3) is 0.545. The van der Waals surface area contributed by atoms with E-state index in [0.717, 1.165) is 4.90 Å². The van der Waals surface area contributed by atoms with Crippen molar-refractivity contribution in [3.05, 3.63) is 15.6 Å². The molecule has 0 spiro atoms. The highest BCUT2D eigenvalue weighted by molar-refractivity contribution is 14.1. The van der Waals surface area contributed by atoms with E-state index in [-0.39, 0.29) is 12.4 Å². The van der Waals surface area contributed by atoms with Crippen molar-refractivity contribution in [1.29, 1.82) is 0 Å². The van der Waals surface area contributed by atoms with Gasteiger partial charge in [-0.05, 0) is 29.5 Å². The smallest absolute Gasteiger partial charge is 0.303 e. The van der Waals surface area contributed by atoms with Crippen molar-refractivity contribution >= 4 is 28.5 Å². The van der Waals surface area contributed by atoms with E-state index in [9.17, 15) is 13.6 Å². The first kappa shape index (κ1) is 14.4. The minimum absolute atomic E-state index is 0.0792. The Kier molecular flexibility index (Phi) is 3.88. The fourth-order valence-electron chi connectivity index (χ4n) is 1.81. The van der Waals surface area contributed by atoms with Gasteiger partial charge in [-0.25, -0.2) is 18.7 Å². The summed E-state index contributed by atoms with van der Waals surface area (Å²) in [5, 5.41) is 0. The highest BCUT2D eigenvalue weighted by Gasteiger charge is 2.51. The maximum atomic E-state index is 13.7. The third-order valence-electron chi connectivity index (χ3n) is 2.83. The zero-order valence-corrected chi connectivity index (χ0v) is 12.5. The van der Waals surface area contributed by atoms with Gasteiger partial charge in [-0.2, -0.15) is 0 Å². The van der Waals surface area contributed by atoms with Crippen LogP contribution in [0.5, 0.6) is 5.88 Å². The number of hydrogen-bond donors (Lipinski definition) is 0. The maximum Gasteiger partial charge on any atom is 0.303 e. The molecule has 1 aliphatic heterocycles. The highest BCUT2D eigenvalue weighted by Crippen LogP contribution is 2.31. The van der Waals surface area contributed by atoms with Crippen LogP contribution < -0.4 is 4.74 Å². The van der Waals surface area contributed by atoms with Crippen LogP contribution in [-0.2, 0) is 4.79 Å². The lowest BCUT2D eigenvalue weighted by Crippen LogP contribution is -2.37. The van der Waals surface area contributed by atoms with Crippen LogP contribution in [0.15, 0.2) is 6.20 Å². The molecule has 2 heterocycles. The molecule has 1 aromatic heterocycles. The topological polar surface area (TPSA) is 55.3 Å². The Balaban J connectivity index is 2.16. The Morgan fingerprint density at radius 2 is 2.32 bits per heavy atom. The second-order valence-corrected chi connectivity index (χ2v) is 5.46. The number of rotatable bonds is 2. The summed E-state index contributed by atoms with van der Waals surface area (Å²) in [7, 11) is 0. The minimum atomic E-state index is -3.08. The number of amides is 1. The minimum Gasteiger partial charge on any atom is -0.465 e. The van der Waals surface area contributed by atoms with E-state index in [1.165, 1.54) is 13.1 Å². The molecule has 0 N–H and O–H groups in total. The van der Waals surface area contributed by atoms with Crippen molar-refractivity contribution in [3.8, 4) is 5.88 Å². The number of alkyl halides is 2. The van der Waals surface area contributed by atoms with Crippen LogP contribution in [0.4, 0.5) is 8.78 Å². The molecule has 2 rings (SSSR count). The molecule has 1 unspecified atom stereocenters. The first-order valence-electron chi connectivity index (χ1n) is 5.59. The summed E-state index contributed by atoms with van der Waals surface area (Å²) in [4.78, 5) is 20.3. The molecule has 1 aromatic rings. The molecular formula is C11H12F2IN3O2. The van der Waals surface area contributed by atoms with Gasteiger partial charge in [0.05, 0.1) is 19.3 Å². The zero-order valence-electron chi connectivity index (χ0n) is 10.4. The van der Waals surface area contributed by atoms with Crippen LogP contribution in [-0.4, -0.2) is 45.9 Å². The lowest BCUT2D eigenvalue weighted by molar-refractivity contribution is -0.129. The van der Waals surface area contributed by atoms with Crippen molar-refractivity contribution in [1.82, 2.24) is 14.9 Å². The number of hydrogen-bond acceptors (Lipinski definition) is 4. The fourth-order valence-corrected chi connectivity index (χ4v) is 2.31. The molecule has 0 aliphatic carbocycles. The summed E-state index contributed by atoms with van der Waals surface area (Å²) in [6, 6.07) is 0. The van der Waals surface area contributed by atoms with Gasteiger partial charge in [-0.1, -0.05) is 0 Å². The molecule has 0 bridgehead atoms. The van der Waals surface area contributed by atoms with Crippen molar-refractivity contribution in [2.24, 2.45) is 0 Å². The Morgan fingerprint density at radius 3 is 2.84 bits per heavy atom. The summed E-state index contributed by atoms with van der Waals surface area (Å²) < 4.78 is 33.4. The predicted molar refractivity (Wildman–Crippen MR) is 71.1 cm³/mol. The summed E-state index contributed by atoms with van der Waals surface area (Å²) in [5.41, 5.74) is 0.448. The molecule has 1 saturated heterocycles. The average Bonchev–Trinajstić information content (AvgIpc) is 2.58. The van der Waals surface area contributed by atoms with Crippen LogP contribution in [0.3, 0.4) is 0 Å². The Hall–Kier alpha value is -1.06. The monoisotopic (exact) mass is 383 g/mol. The molecule has 1 atom stereocenters. The third-order valence-corrected chi connectivity index (χ3v) is 3.35. The normalized spacial score (nSPS) is 21.5. The lowest BCUT2D eigenvalue weighted by atomic mass is 10.2. The standard InChI is InChI=1S/C11H12F2IN3O2/c1-6-10(15-3-9(14)16-6)19-8-4-17(7(2)18)5-11(8,12)13/h3,8H,4-5H2,1-2H3. The number of carbonyl (C=O) groups excluding carboxylic acids is 1. The average molecular weight is 383 g/mol. The van der Waals surface area contributed by atoms with Crippen LogP contribution in [0.1, 0.15) is 12.6 Å². The summed E-state index contributed by atoms with van der Waals surface area (Å²) in [5.74, 6) is -3.39. The van der Waals surface area contributed by atoms with Crippen molar-refractivity contribution < 1.29 is 18.3 Å². The first-order valence-corrected chi connectivity index (χ1v) is 6.66. The summed E-state index contributed by atoms with van der Waals surface area (Å²) >= 11 is 1.98. The van der Waals surface area contributed by atoms with Gasteiger partial charge in [0.1, 0.15) is 9.39 Å². The molecule has 1 amide bonds. The number of halogens is 3. The second kappa shape index (κ2) is 5.14. The Labute approximate surface area is 122 Å². The first-order chi connectivity index (χ1) is 8.79. The van der Waals surface area contributed by atoms with Crippen molar-refractivity contribution in [3.63, 3.8) is 0 Å². The molecule has 0 radical (unpaired) electrons. The molecular weight excluding hydrogens is 371 g/mol. The highest BCUT2D eigenvalue weighted by atomic mass is 127. The number of likely N-dealkylation sites (tertiary alicyclic amines) is 1. The molecule has 1 fully saturated rings. The van der Waals surface area contributed by atoms with E-state index >= 15 is 0 Å². The number of aromatic nitrogens is 2. The maximum absolute atomic E-state index is 13.7. The van der Waals surface area contributed by atoms with Gasteiger partial charge >= 0.3 is 5.92 Å². The SMILES string of the molecule is CC(=O)N1CC(Oc2ncc(I)nc2C)C(F)(F)C1. The molecule has 104 valence electrons. The number of aryl methyl sites for hydroxylation is 1. The van der Waals surface area contributed by atoms with E-state index in [2.05, 4.69) is 9.97 Å². The Bertz CT molecular complexity index is 513. The van der Waals surface area contributed by atoms with E-state index in [1.807, 2.05) is 22.6 Å².